The summed E-state index contributed by atoms with van der Waals surface area (Å²) in [6.45, 7) is 1.73. The van der Waals surface area contributed by atoms with Gasteiger partial charge >= 0.3 is 12.1 Å². The number of carboxylic acids is 1. The first-order valence-electron chi connectivity index (χ1n) is 5.65. The smallest absolute Gasteiger partial charge is 0.416 e. The zero-order valence-corrected chi connectivity index (χ0v) is 12.6. The van der Waals surface area contributed by atoms with Crippen molar-refractivity contribution in [2.24, 2.45) is 0 Å². The highest BCUT2D eigenvalue weighted by Gasteiger charge is 2.31. The predicted octanol–water partition coefficient (Wildman–Crippen LogP) is 3.92. The highest BCUT2D eigenvalue weighted by molar-refractivity contribution is 14.1. The molecular weight excluding hydrogens is 388 g/mol. The summed E-state index contributed by atoms with van der Waals surface area (Å²) in [4.78, 5) is 11.1. The fourth-order valence-electron chi connectivity index (χ4n) is 1.59. The Bertz CT molecular complexity index is 521. The summed E-state index contributed by atoms with van der Waals surface area (Å²) in [6, 6.07) is 3.79. The summed E-state index contributed by atoms with van der Waals surface area (Å²) in [5, 5.41) is 19.1. The lowest BCUT2D eigenvalue weighted by Crippen LogP contribution is -2.13. The van der Waals surface area contributed by atoms with E-state index < -0.39 is 23.8 Å². The van der Waals surface area contributed by atoms with E-state index >= 15 is 0 Å². The maximum absolute atomic E-state index is 12.4. The summed E-state index contributed by atoms with van der Waals surface area (Å²) < 4.78 is 37.7. The molecule has 1 unspecified atom stereocenters. The van der Waals surface area contributed by atoms with Gasteiger partial charge in [0.1, 0.15) is 6.10 Å². The van der Waals surface area contributed by atoms with Crippen molar-refractivity contribution < 1.29 is 28.2 Å². The van der Waals surface area contributed by atoms with Crippen molar-refractivity contribution in [1.29, 1.82) is 0 Å². The number of aliphatic hydroxyl groups excluding tert-OH is 1. The number of aliphatic hydroxyl groups is 1. The number of rotatable bonds is 4. The third-order valence-corrected chi connectivity index (χ3v) is 4.00. The van der Waals surface area contributed by atoms with Crippen molar-refractivity contribution in [1.82, 2.24) is 0 Å². The summed E-state index contributed by atoms with van der Waals surface area (Å²) in [7, 11) is 0. The van der Waals surface area contributed by atoms with E-state index in [1.807, 2.05) is 0 Å². The molecule has 1 rings (SSSR count). The molecule has 7 heteroatoms. The molecule has 0 aliphatic rings. The van der Waals surface area contributed by atoms with Crippen LogP contribution >= 0.6 is 22.6 Å². The van der Waals surface area contributed by atoms with Gasteiger partial charge in [0.05, 0.1) is 11.1 Å². The lowest BCUT2D eigenvalue weighted by atomic mass is 9.99. The Hall–Kier alpha value is -1.09. The monoisotopic (exact) mass is 400 g/mol. The van der Waals surface area contributed by atoms with Gasteiger partial charge in [-0.1, -0.05) is 19.1 Å². The van der Waals surface area contributed by atoms with Crippen LogP contribution in [0.4, 0.5) is 13.2 Å². The number of allylic oxidation sites excluding steroid dienone is 1. The maximum Gasteiger partial charge on any atom is 0.416 e. The van der Waals surface area contributed by atoms with Crippen LogP contribution in [0.3, 0.4) is 0 Å². The molecule has 1 atom stereocenters. The van der Waals surface area contributed by atoms with Gasteiger partial charge in [-0.05, 0) is 46.7 Å². The van der Waals surface area contributed by atoms with E-state index in [0.717, 1.165) is 24.3 Å². The molecule has 0 amide bonds. The number of aliphatic carboxylic acids is 1. The maximum atomic E-state index is 12.4. The Kier molecular flexibility index (Phi) is 5.58. The van der Waals surface area contributed by atoms with Crippen molar-refractivity contribution >= 4 is 28.6 Å². The van der Waals surface area contributed by atoms with Crippen molar-refractivity contribution in [3.63, 3.8) is 0 Å². The molecule has 0 bridgehead atoms. The average molecular weight is 400 g/mol. The molecule has 0 spiro atoms. The summed E-state index contributed by atoms with van der Waals surface area (Å²) >= 11 is 1.80. The minimum Gasteiger partial charge on any atom is -0.478 e. The first-order valence-corrected chi connectivity index (χ1v) is 6.73. The zero-order valence-electron chi connectivity index (χ0n) is 10.4. The van der Waals surface area contributed by atoms with Crippen LogP contribution in [0.5, 0.6) is 0 Å². The van der Waals surface area contributed by atoms with Gasteiger partial charge in [0.15, 0.2) is 0 Å². The highest BCUT2D eigenvalue weighted by atomic mass is 127. The molecule has 110 valence electrons. The summed E-state index contributed by atoms with van der Waals surface area (Å²) in [5.74, 6) is -1.29. The number of benzene rings is 1. The van der Waals surface area contributed by atoms with E-state index in [4.69, 9.17) is 5.11 Å². The van der Waals surface area contributed by atoms with Crippen LogP contribution in [0.1, 0.15) is 30.6 Å². The number of alkyl halides is 3. The second kappa shape index (κ2) is 6.57. The van der Waals surface area contributed by atoms with Gasteiger partial charge in [0.2, 0.25) is 0 Å². The molecule has 0 saturated carbocycles. The predicted molar refractivity (Wildman–Crippen MR) is 75.4 cm³/mol. The molecule has 0 heterocycles. The SMILES string of the molecule is CCC(I)=C(C(=O)O)C(O)c1ccc(C(F)(F)F)cc1. The Morgan fingerprint density at radius 1 is 1.30 bits per heavy atom. The van der Waals surface area contributed by atoms with E-state index in [-0.39, 0.29) is 11.1 Å². The Morgan fingerprint density at radius 2 is 1.80 bits per heavy atom. The minimum atomic E-state index is -4.47. The number of hydrogen-bond donors (Lipinski definition) is 2. The fraction of sp³-hybridized carbons (Fsp3) is 0.308. The molecule has 1 aromatic rings. The van der Waals surface area contributed by atoms with Crippen molar-refractivity contribution in [3.05, 3.63) is 44.5 Å². The van der Waals surface area contributed by atoms with Crippen molar-refractivity contribution in [2.45, 2.75) is 25.6 Å². The summed E-state index contributed by atoms with van der Waals surface area (Å²) in [6.07, 6.45) is -5.51. The van der Waals surface area contributed by atoms with E-state index in [0.29, 0.717) is 10.0 Å². The minimum absolute atomic E-state index is 0.109. The number of carbonyl (C=O) groups is 1. The Labute approximate surface area is 127 Å². The normalized spacial score (nSPS) is 14.7. The lowest BCUT2D eigenvalue weighted by Gasteiger charge is -2.15. The van der Waals surface area contributed by atoms with Crippen molar-refractivity contribution in [2.75, 3.05) is 0 Å². The Balaban J connectivity index is 3.15. The standard InChI is InChI=1S/C13H12F3IO3/c1-2-9(17)10(12(19)20)11(18)7-3-5-8(6-4-7)13(14,15)16/h3-6,11,18H,2H2,1H3,(H,19,20). The van der Waals surface area contributed by atoms with Crippen LogP contribution in [0.2, 0.25) is 0 Å². The van der Waals surface area contributed by atoms with Crippen LogP contribution in [-0.2, 0) is 11.0 Å². The van der Waals surface area contributed by atoms with Crippen LogP contribution in [-0.4, -0.2) is 16.2 Å². The third-order valence-electron chi connectivity index (χ3n) is 2.66. The largest absolute Gasteiger partial charge is 0.478 e. The number of halogens is 4. The second-order valence-electron chi connectivity index (χ2n) is 4.00. The van der Waals surface area contributed by atoms with Crippen LogP contribution in [0, 0.1) is 0 Å². The summed E-state index contributed by atoms with van der Waals surface area (Å²) in [5.41, 5.74) is -0.953. The lowest BCUT2D eigenvalue weighted by molar-refractivity contribution is -0.137. The quantitative estimate of drug-likeness (QED) is 0.595. The highest BCUT2D eigenvalue weighted by Crippen LogP contribution is 2.32. The average Bonchev–Trinajstić information content (AvgIpc) is 2.37. The Morgan fingerprint density at radius 3 is 2.15 bits per heavy atom. The fourth-order valence-corrected chi connectivity index (χ4v) is 2.12. The van der Waals surface area contributed by atoms with Gasteiger partial charge in [-0.25, -0.2) is 4.79 Å². The van der Waals surface area contributed by atoms with Crippen LogP contribution < -0.4 is 0 Å². The van der Waals surface area contributed by atoms with E-state index in [2.05, 4.69) is 0 Å². The second-order valence-corrected chi connectivity index (χ2v) is 5.30. The van der Waals surface area contributed by atoms with Gasteiger partial charge in [-0.3, -0.25) is 0 Å². The molecule has 0 aliphatic carbocycles. The van der Waals surface area contributed by atoms with Crippen LogP contribution in [0.15, 0.2) is 33.4 Å². The zero-order chi connectivity index (χ0) is 15.5. The molecule has 0 saturated heterocycles. The molecule has 0 radical (unpaired) electrons. The van der Waals surface area contributed by atoms with E-state index in [1.165, 1.54) is 0 Å². The topological polar surface area (TPSA) is 57.5 Å². The first-order chi connectivity index (χ1) is 9.18. The van der Waals surface area contributed by atoms with Gasteiger partial charge in [0.25, 0.3) is 0 Å². The van der Waals surface area contributed by atoms with Gasteiger partial charge in [0, 0.05) is 3.58 Å². The van der Waals surface area contributed by atoms with Gasteiger partial charge in [-0.15, -0.1) is 0 Å². The number of carboxylic acid groups (broad SMARTS) is 1. The third kappa shape index (κ3) is 3.95. The van der Waals surface area contributed by atoms with Gasteiger partial charge < -0.3 is 10.2 Å². The molecule has 20 heavy (non-hydrogen) atoms. The molecule has 3 nitrogen and oxygen atoms in total. The molecule has 0 aromatic heterocycles. The number of hydrogen-bond acceptors (Lipinski definition) is 2. The van der Waals surface area contributed by atoms with Crippen LogP contribution in [0.25, 0.3) is 0 Å². The first kappa shape index (κ1) is 17.0. The van der Waals surface area contributed by atoms with Gasteiger partial charge in [-0.2, -0.15) is 13.2 Å². The molecule has 1 aromatic carbocycles. The van der Waals surface area contributed by atoms with Crippen molar-refractivity contribution in [3.8, 4) is 0 Å². The van der Waals surface area contributed by atoms with E-state index in [1.54, 1.807) is 29.5 Å². The molecule has 0 aliphatic heterocycles. The van der Waals surface area contributed by atoms with E-state index in [9.17, 15) is 23.1 Å². The molecule has 0 fully saturated rings. The molecular formula is C13H12F3IO3. The molecule has 2 N–H and O–H groups in total.